The van der Waals surface area contributed by atoms with Crippen LogP contribution in [0, 0.1) is 0 Å². The van der Waals surface area contributed by atoms with Crippen molar-refractivity contribution in [2.24, 2.45) is 5.73 Å². The van der Waals surface area contributed by atoms with E-state index in [0.29, 0.717) is 23.1 Å². The van der Waals surface area contributed by atoms with Crippen LogP contribution in [0.5, 0.6) is 0 Å². The van der Waals surface area contributed by atoms with Crippen LogP contribution in [0.15, 0.2) is 12.3 Å². The molecule has 1 aromatic rings. The van der Waals surface area contributed by atoms with E-state index in [1.54, 1.807) is 11.0 Å². The van der Waals surface area contributed by atoms with E-state index in [1.165, 1.54) is 6.20 Å². The molecule has 1 aromatic heterocycles. The molecule has 0 aliphatic heterocycles. The minimum Gasteiger partial charge on any atom is -0.397 e. The summed E-state index contributed by atoms with van der Waals surface area (Å²) in [5.74, 6) is 0.143. The summed E-state index contributed by atoms with van der Waals surface area (Å²) in [5.41, 5.74) is 11.3. The van der Waals surface area contributed by atoms with Gasteiger partial charge in [0.05, 0.1) is 23.5 Å². The van der Waals surface area contributed by atoms with Crippen LogP contribution in [0.1, 0.15) is 19.8 Å². The number of amides is 1. The topological polar surface area (TPSA) is 85.2 Å². The summed E-state index contributed by atoms with van der Waals surface area (Å²) in [7, 11) is 0. The summed E-state index contributed by atoms with van der Waals surface area (Å²) in [6.07, 6.45) is 3.47. The minimum absolute atomic E-state index is 0.108. The van der Waals surface area contributed by atoms with Crippen molar-refractivity contribution in [1.29, 1.82) is 0 Å². The van der Waals surface area contributed by atoms with Crippen molar-refractivity contribution in [2.75, 3.05) is 23.7 Å². The number of carbonyl (C=O) groups is 1. The fourth-order valence-electron chi connectivity index (χ4n) is 1.48. The van der Waals surface area contributed by atoms with Gasteiger partial charge in [-0.2, -0.15) is 0 Å². The summed E-state index contributed by atoms with van der Waals surface area (Å²) in [4.78, 5) is 16.9. The molecule has 0 saturated carbocycles. The number of pyridine rings is 1. The molecule has 0 fully saturated rings. The number of unbranched alkanes of at least 4 members (excludes halogenated alkanes) is 1. The predicted octanol–water partition coefficient (Wildman–Crippen LogP) is 1.41. The fraction of sp³-hybridized carbons (Fsp3) is 0.455. The van der Waals surface area contributed by atoms with Crippen molar-refractivity contribution < 1.29 is 4.79 Å². The Kier molecular flexibility index (Phi) is 5.03. The normalized spacial score (nSPS) is 10.2. The van der Waals surface area contributed by atoms with Crippen LogP contribution < -0.4 is 16.4 Å². The third kappa shape index (κ3) is 4.11. The van der Waals surface area contributed by atoms with Gasteiger partial charge in [0.2, 0.25) is 5.91 Å². The van der Waals surface area contributed by atoms with Crippen LogP contribution in [0.3, 0.4) is 0 Å². The number of nitrogens with zero attached hydrogens (tertiary/aromatic N) is 2. The summed E-state index contributed by atoms with van der Waals surface area (Å²) >= 11 is 6.05. The van der Waals surface area contributed by atoms with Gasteiger partial charge in [0.1, 0.15) is 5.82 Å². The molecular weight excluding hydrogens is 240 g/mol. The molecular formula is C11H17ClN4O. The first kappa shape index (κ1) is 13.6. The molecule has 1 amide bonds. The van der Waals surface area contributed by atoms with Crippen LogP contribution in [0.2, 0.25) is 5.02 Å². The number of rotatable bonds is 6. The molecule has 0 bridgehead atoms. The maximum Gasteiger partial charge on any atom is 0.236 e. The van der Waals surface area contributed by atoms with Gasteiger partial charge in [-0.1, -0.05) is 24.9 Å². The number of aromatic nitrogens is 1. The van der Waals surface area contributed by atoms with Crippen molar-refractivity contribution in [3.8, 4) is 0 Å². The first-order valence-electron chi connectivity index (χ1n) is 5.49. The average molecular weight is 257 g/mol. The Morgan fingerprint density at radius 3 is 2.82 bits per heavy atom. The zero-order chi connectivity index (χ0) is 12.8. The van der Waals surface area contributed by atoms with E-state index in [-0.39, 0.29) is 6.54 Å². The highest BCUT2D eigenvalue weighted by atomic mass is 35.5. The van der Waals surface area contributed by atoms with Gasteiger partial charge in [0.15, 0.2) is 0 Å². The van der Waals surface area contributed by atoms with Gasteiger partial charge < -0.3 is 16.4 Å². The van der Waals surface area contributed by atoms with E-state index in [9.17, 15) is 4.79 Å². The number of primary amides is 1. The lowest BCUT2D eigenvalue weighted by Gasteiger charge is -2.22. The molecule has 1 rings (SSSR count). The van der Waals surface area contributed by atoms with Crippen molar-refractivity contribution in [3.05, 3.63) is 17.3 Å². The van der Waals surface area contributed by atoms with Gasteiger partial charge in [0.25, 0.3) is 0 Å². The van der Waals surface area contributed by atoms with Crippen molar-refractivity contribution in [2.45, 2.75) is 19.8 Å². The molecule has 5 nitrogen and oxygen atoms in total. The van der Waals surface area contributed by atoms with Gasteiger partial charge in [-0.25, -0.2) is 4.98 Å². The van der Waals surface area contributed by atoms with Crippen LogP contribution in [0.25, 0.3) is 0 Å². The zero-order valence-corrected chi connectivity index (χ0v) is 10.6. The molecule has 1 heterocycles. The Balaban J connectivity index is 2.90. The summed E-state index contributed by atoms with van der Waals surface area (Å²) < 4.78 is 0. The van der Waals surface area contributed by atoms with E-state index in [2.05, 4.69) is 11.9 Å². The quantitative estimate of drug-likeness (QED) is 0.806. The van der Waals surface area contributed by atoms with Crippen LogP contribution in [-0.4, -0.2) is 24.0 Å². The van der Waals surface area contributed by atoms with Gasteiger partial charge in [-0.15, -0.1) is 0 Å². The molecule has 0 spiro atoms. The highest BCUT2D eigenvalue weighted by molar-refractivity contribution is 6.33. The lowest BCUT2D eigenvalue weighted by molar-refractivity contribution is -0.116. The molecule has 4 N–H and O–H groups in total. The smallest absolute Gasteiger partial charge is 0.236 e. The summed E-state index contributed by atoms with van der Waals surface area (Å²) in [6.45, 7) is 2.87. The van der Waals surface area contributed by atoms with Crippen LogP contribution in [-0.2, 0) is 4.79 Å². The molecule has 0 radical (unpaired) electrons. The standard InChI is InChI=1S/C11H17ClN4O/c1-2-3-4-16(7-10(14)17)11-9(12)5-8(13)6-15-11/h5-6H,2-4,7,13H2,1H3,(H2,14,17). The molecule has 0 aliphatic carbocycles. The second-order valence-electron chi connectivity index (χ2n) is 3.82. The van der Waals surface area contributed by atoms with Gasteiger partial charge in [0, 0.05) is 6.54 Å². The highest BCUT2D eigenvalue weighted by Gasteiger charge is 2.13. The van der Waals surface area contributed by atoms with Crippen molar-refractivity contribution in [3.63, 3.8) is 0 Å². The van der Waals surface area contributed by atoms with Gasteiger partial charge in [-0.05, 0) is 12.5 Å². The highest BCUT2D eigenvalue weighted by Crippen LogP contribution is 2.25. The average Bonchev–Trinajstić information content (AvgIpc) is 2.24. The Bertz CT molecular complexity index is 397. The predicted molar refractivity (Wildman–Crippen MR) is 70.0 cm³/mol. The maximum atomic E-state index is 11.0. The Hall–Kier alpha value is -1.49. The van der Waals surface area contributed by atoms with Crippen LogP contribution in [0.4, 0.5) is 11.5 Å². The first-order chi connectivity index (χ1) is 8.04. The number of carbonyl (C=O) groups excluding carboxylic acids is 1. The van der Waals surface area contributed by atoms with E-state index >= 15 is 0 Å². The lowest BCUT2D eigenvalue weighted by Crippen LogP contribution is -2.35. The minimum atomic E-state index is -0.407. The number of hydrogen-bond donors (Lipinski definition) is 2. The van der Waals surface area contributed by atoms with E-state index in [4.69, 9.17) is 23.1 Å². The van der Waals surface area contributed by atoms with E-state index in [0.717, 1.165) is 12.8 Å². The Morgan fingerprint density at radius 2 is 2.29 bits per heavy atom. The molecule has 94 valence electrons. The number of nitrogens with two attached hydrogens (primary N) is 2. The first-order valence-corrected chi connectivity index (χ1v) is 5.86. The SMILES string of the molecule is CCCCN(CC(N)=O)c1ncc(N)cc1Cl. The number of hydrogen-bond acceptors (Lipinski definition) is 4. The summed E-state index contributed by atoms with van der Waals surface area (Å²) in [6, 6.07) is 1.61. The molecule has 0 atom stereocenters. The van der Waals surface area contributed by atoms with Crippen molar-refractivity contribution in [1.82, 2.24) is 4.98 Å². The number of anilines is 2. The third-order valence-electron chi connectivity index (χ3n) is 2.27. The second kappa shape index (κ2) is 6.30. The number of nitrogen functional groups attached to an aromatic ring is 1. The van der Waals surface area contributed by atoms with E-state index in [1.807, 2.05) is 0 Å². The van der Waals surface area contributed by atoms with Gasteiger partial charge in [-0.3, -0.25) is 4.79 Å². The fourth-order valence-corrected chi connectivity index (χ4v) is 1.77. The van der Waals surface area contributed by atoms with E-state index < -0.39 is 5.91 Å². The molecule has 17 heavy (non-hydrogen) atoms. The molecule has 6 heteroatoms. The monoisotopic (exact) mass is 256 g/mol. The molecule has 0 saturated heterocycles. The largest absolute Gasteiger partial charge is 0.397 e. The van der Waals surface area contributed by atoms with Gasteiger partial charge >= 0.3 is 0 Å². The lowest BCUT2D eigenvalue weighted by atomic mass is 10.3. The molecule has 0 aliphatic rings. The molecule has 0 unspecified atom stereocenters. The second-order valence-corrected chi connectivity index (χ2v) is 4.22. The third-order valence-corrected chi connectivity index (χ3v) is 2.55. The number of halogens is 1. The Morgan fingerprint density at radius 1 is 1.59 bits per heavy atom. The molecule has 0 aromatic carbocycles. The van der Waals surface area contributed by atoms with Crippen molar-refractivity contribution >= 4 is 29.0 Å². The zero-order valence-electron chi connectivity index (χ0n) is 9.82. The summed E-state index contributed by atoms with van der Waals surface area (Å²) in [5, 5.41) is 0.433. The Labute approximate surface area is 106 Å². The van der Waals surface area contributed by atoms with Crippen LogP contribution >= 0.6 is 11.6 Å². The maximum absolute atomic E-state index is 11.0.